The maximum Gasteiger partial charge on any atom is 0.116 e. The molecular weight excluding hydrogens is 152 g/mol. The van der Waals surface area contributed by atoms with Crippen LogP contribution in [-0.2, 0) is 4.74 Å². The van der Waals surface area contributed by atoms with Crippen molar-refractivity contribution in [1.29, 1.82) is 0 Å². The Morgan fingerprint density at radius 2 is 1.82 bits per heavy atom. The number of ether oxygens (including phenoxy) is 1. The molecule has 0 spiro atoms. The standard InChI is InChI=1S/C9H18OSi/c1-9(2,3)10-7-6-8-11(4)5/h11H,7H2,1-5H3. The third-order valence-corrected chi connectivity index (χ3v) is 1.75. The van der Waals surface area contributed by atoms with E-state index in [1.165, 1.54) is 0 Å². The van der Waals surface area contributed by atoms with E-state index in [0.29, 0.717) is 6.61 Å². The molecule has 0 rings (SSSR count). The van der Waals surface area contributed by atoms with Gasteiger partial charge < -0.3 is 4.74 Å². The molecule has 0 unspecified atom stereocenters. The van der Waals surface area contributed by atoms with Crippen molar-refractivity contribution < 1.29 is 4.74 Å². The van der Waals surface area contributed by atoms with E-state index in [1.54, 1.807) is 0 Å². The first-order valence-corrected chi connectivity index (χ1v) is 6.93. The minimum atomic E-state index is -0.697. The van der Waals surface area contributed by atoms with Crippen molar-refractivity contribution in [1.82, 2.24) is 0 Å². The van der Waals surface area contributed by atoms with Gasteiger partial charge in [0, 0.05) is 0 Å². The zero-order valence-corrected chi connectivity index (χ0v) is 9.35. The summed E-state index contributed by atoms with van der Waals surface area (Å²) in [6.45, 7) is 11.1. The van der Waals surface area contributed by atoms with E-state index in [4.69, 9.17) is 4.74 Å². The molecule has 0 aromatic heterocycles. The molecule has 0 heterocycles. The highest BCUT2D eigenvalue weighted by Crippen LogP contribution is 2.04. The third kappa shape index (κ3) is 9.74. The maximum absolute atomic E-state index is 5.43. The van der Waals surface area contributed by atoms with Crippen molar-refractivity contribution in [3.05, 3.63) is 0 Å². The van der Waals surface area contributed by atoms with Crippen LogP contribution in [0.3, 0.4) is 0 Å². The van der Waals surface area contributed by atoms with Crippen LogP contribution >= 0.6 is 0 Å². The molecule has 0 aliphatic rings. The van der Waals surface area contributed by atoms with Crippen LogP contribution in [0.25, 0.3) is 0 Å². The summed E-state index contributed by atoms with van der Waals surface area (Å²) in [4.78, 5) is 0. The predicted octanol–water partition coefficient (Wildman–Crippen LogP) is 1.83. The summed E-state index contributed by atoms with van der Waals surface area (Å²) in [5, 5.41) is 0. The average Bonchev–Trinajstić information content (AvgIpc) is 1.78. The Morgan fingerprint density at radius 1 is 1.27 bits per heavy atom. The Balaban J connectivity index is 3.52. The van der Waals surface area contributed by atoms with Gasteiger partial charge in [-0.1, -0.05) is 19.0 Å². The fourth-order valence-corrected chi connectivity index (χ4v) is 0.990. The van der Waals surface area contributed by atoms with Crippen molar-refractivity contribution in [3.8, 4) is 11.5 Å². The highest BCUT2D eigenvalue weighted by atomic mass is 28.3. The monoisotopic (exact) mass is 170 g/mol. The Labute approximate surface area is 71.7 Å². The lowest BCUT2D eigenvalue weighted by molar-refractivity contribution is 0.0181. The first kappa shape index (κ1) is 10.7. The average molecular weight is 170 g/mol. The van der Waals surface area contributed by atoms with Crippen LogP contribution in [0.4, 0.5) is 0 Å². The molecule has 11 heavy (non-hydrogen) atoms. The van der Waals surface area contributed by atoms with Crippen molar-refractivity contribution in [2.45, 2.75) is 39.5 Å². The van der Waals surface area contributed by atoms with E-state index in [1.807, 2.05) is 20.8 Å². The van der Waals surface area contributed by atoms with Gasteiger partial charge in [-0.25, -0.2) is 0 Å². The normalized spacial score (nSPS) is 11.1. The van der Waals surface area contributed by atoms with E-state index >= 15 is 0 Å². The summed E-state index contributed by atoms with van der Waals surface area (Å²) in [5.74, 6) is 3.03. The second kappa shape index (κ2) is 4.58. The molecule has 0 aliphatic carbocycles. The quantitative estimate of drug-likeness (QED) is 0.431. The van der Waals surface area contributed by atoms with E-state index in [-0.39, 0.29) is 5.60 Å². The zero-order chi connectivity index (χ0) is 8.91. The van der Waals surface area contributed by atoms with Crippen LogP contribution in [0.15, 0.2) is 0 Å². The molecule has 0 saturated heterocycles. The van der Waals surface area contributed by atoms with Gasteiger partial charge >= 0.3 is 0 Å². The molecule has 0 aromatic rings. The maximum atomic E-state index is 5.43. The van der Waals surface area contributed by atoms with Gasteiger partial charge in [0.15, 0.2) is 0 Å². The van der Waals surface area contributed by atoms with E-state index in [0.717, 1.165) is 0 Å². The first-order valence-electron chi connectivity index (χ1n) is 4.04. The second-order valence-electron chi connectivity index (χ2n) is 3.88. The van der Waals surface area contributed by atoms with Gasteiger partial charge in [0.2, 0.25) is 0 Å². The zero-order valence-electron chi connectivity index (χ0n) is 8.19. The molecule has 0 aliphatic heterocycles. The Hall–Kier alpha value is -0.263. The van der Waals surface area contributed by atoms with Crippen molar-refractivity contribution in [2.24, 2.45) is 0 Å². The summed E-state index contributed by atoms with van der Waals surface area (Å²) in [6.07, 6.45) is 0. The number of hydrogen-bond donors (Lipinski definition) is 0. The van der Waals surface area contributed by atoms with E-state index < -0.39 is 8.80 Å². The minimum Gasteiger partial charge on any atom is -0.363 e. The van der Waals surface area contributed by atoms with Gasteiger partial charge in [-0.15, -0.1) is 5.54 Å². The lowest BCUT2D eigenvalue weighted by Crippen LogP contribution is -2.19. The van der Waals surface area contributed by atoms with Crippen LogP contribution in [0.5, 0.6) is 0 Å². The van der Waals surface area contributed by atoms with Gasteiger partial charge in [0.25, 0.3) is 0 Å². The molecule has 0 atom stereocenters. The lowest BCUT2D eigenvalue weighted by Gasteiger charge is -2.16. The van der Waals surface area contributed by atoms with Gasteiger partial charge in [-0.2, -0.15) is 0 Å². The van der Waals surface area contributed by atoms with Crippen LogP contribution in [0.1, 0.15) is 20.8 Å². The fourth-order valence-electron chi connectivity index (χ4n) is 0.498. The van der Waals surface area contributed by atoms with E-state index in [2.05, 4.69) is 24.6 Å². The van der Waals surface area contributed by atoms with Gasteiger partial charge in [0.05, 0.1) is 5.60 Å². The largest absolute Gasteiger partial charge is 0.363 e. The van der Waals surface area contributed by atoms with Crippen LogP contribution in [-0.4, -0.2) is 21.0 Å². The van der Waals surface area contributed by atoms with Crippen LogP contribution in [0.2, 0.25) is 13.1 Å². The molecule has 0 amide bonds. The molecule has 0 N–H and O–H groups in total. The van der Waals surface area contributed by atoms with Gasteiger partial charge in [-0.05, 0) is 20.8 Å². The first-order chi connectivity index (χ1) is 4.92. The van der Waals surface area contributed by atoms with Crippen molar-refractivity contribution in [3.63, 3.8) is 0 Å². The summed E-state index contributed by atoms with van der Waals surface area (Å²) in [7, 11) is -0.697. The highest BCUT2D eigenvalue weighted by Gasteiger charge is 2.07. The SMILES string of the molecule is C[SiH](C)C#CCOC(C)(C)C. The molecule has 0 fully saturated rings. The molecule has 0 aromatic carbocycles. The smallest absolute Gasteiger partial charge is 0.116 e. The van der Waals surface area contributed by atoms with Crippen molar-refractivity contribution >= 4 is 8.80 Å². The highest BCUT2D eigenvalue weighted by molar-refractivity contribution is 6.64. The molecule has 0 bridgehead atoms. The summed E-state index contributed by atoms with van der Waals surface area (Å²) < 4.78 is 5.43. The minimum absolute atomic E-state index is 0.0484. The Morgan fingerprint density at radius 3 is 2.18 bits per heavy atom. The summed E-state index contributed by atoms with van der Waals surface area (Å²) in [5.41, 5.74) is 3.13. The number of rotatable bonds is 1. The Bertz CT molecular complexity index is 157. The third-order valence-electron chi connectivity index (χ3n) is 0.968. The number of hydrogen-bond acceptors (Lipinski definition) is 1. The summed E-state index contributed by atoms with van der Waals surface area (Å²) in [6, 6.07) is 0. The molecule has 0 saturated carbocycles. The Kier molecular flexibility index (Phi) is 4.47. The van der Waals surface area contributed by atoms with Crippen molar-refractivity contribution in [2.75, 3.05) is 6.61 Å². The molecule has 0 radical (unpaired) electrons. The lowest BCUT2D eigenvalue weighted by atomic mass is 10.2. The van der Waals surface area contributed by atoms with Gasteiger partial charge in [-0.3, -0.25) is 0 Å². The molecular formula is C9H18OSi. The molecule has 2 heteroatoms. The fraction of sp³-hybridized carbons (Fsp3) is 0.778. The topological polar surface area (TPSA) is 9.23 Å². The molecule has 64 valence electrons. The predicted molar refractivity (Wildman–Crippen MR) is 52.4 cm³/mol. The van der Waals surface area contributed by atoms with Crippen LogP contribution < -0.4 is 0 Å². The van der Waals surface area contributed by atoms with Gasteiger partial charge in [0.1, 0.15) is 15.4 Å². The van der Waals surface area contributed by atoms with Crippen LogP contribution in [0, 0.1) is 11.5 Å². The van der Waals surface area contributed by atoms with E-state index in [9.17, 15) is 0 Å². The molecule has 1 nitrogen and oxygen atoms in total. The second-order valence-corrected chi connectivity index (χ2v) is 6.47. The summed E-state index contributed by atoms with van der Waals surface area (Å²) >= 11 is 0.